The van der Waals surface area contributed by atoms with Crippen LogP contribution in [0.4, 0.5) is 0 Å². The van der Waals surface area contributed by atoms with Crippen molar-refractivity contribution < 1.29 is 22.7 Å². The number of sulfonamides is 1. The second kappa shape index (κ2) is 9.49. The number of imide groups is 1. The summed E-state index contributed by atoms with van der Waals surface area (Å²) in [5.74, 6) is 5.05. The monoisotopic (exact) mass is 415 g/mol. The summed E-state index contributed by atoms with van der Waals surface area (Å²) < 4.78 is 31.9. The van der Waals surface area contributed by atoms with Crippen molar-refractivity contribution in [2.24, 2.45) is 0 Å². The van der Waals surface area contributed by atoms with E-state index in [2.05, 4.69) is 21.5 Å². The number of aromatic nitrogens is 1. The van der Waals surface area contributed by atoms with Gasteiger partial charge in [0.05, 0.1) is 17.8 Å². The number of hydrogen-bond acceptors (Lipinski definition) is 6. The van der Waals surface area contributed by atoms with E-state index in [1.165, 1.54) is 0 Å². The van der Waals surface area contributed by atoms with Gasteiger partial charge in [-0.1, -0.05) is 17.9 Å². The summed E-state index contributed by atoms with van der Waals surface area (Å²) in [5, 5.41) is 1.01. The Kier molecular flexibility index (Phi) is 6.80. The van der Waals surface area contributed by atoms with Gasteiger partial charge in [-0.25, -0.2) is 13.1 Å². The Hall–Kier alpha value is -2.96. The van der Waals surface area contributed by atoms with Crippen LogP contribution in [0, 0.1) is 11.8 Å². The number of fused-ring (bicyclic) bond motifs is 1. The average Bonchev–Trinajstić information content (AvgIpc) is 2.70. The average molecular weight is 415 g/mol. The van der Waals surface area contributed by atoms with E-state index in [0.29, 0.717) is 12.2 Å². The lowest BCUT2D eigenvalue weighted by atomic mass is 10.1. The quantitative estimate of drug-likeness (QED) is 0.536. The molecule has 1 saturated heterocycles. The highest BCUT2D eigenvalue weighted by Gasteiger charge is 2.26. The predicted octanol–water partition coefficient (Wildman–Crippen LogP) is 1.08. The van der Waals surface area contributed by atoms with Crippen LogP contribution in [0.15, 0.2) is 36.5 Å². The first kappa shape index (κ1) is 20.8. The Labute approximate surface area is 169 Å². The molecule has 1 aromatic heterocycles. The van der Waals surface area contributed by atoms with Gasteiger partial charge in [-0.3, -0.25) is 19.5 Å². The number of hydrogen-bond donors (Lipinski definition) is 1. The van der Waals surface area contributed by atoms with Gasteiger partial charge in [0.25, 0.3) is 0 Å². The fraction of sp³-hybridized carbons (Fsp3) is 0.350. The van der Waals surface area contributed by atoms with Crippen LogP contribution in [0.25, 0.3) is 10.9 Å². The van der Waals surface area contributed by atoms with Gasteiger partial charge < -0.3 is 4.74 Å². The van der Waals surface area contributed by atoms with E-state index in [9.17, 15) is 18.0 Å². The van der Waals surface area contributed by atoms with E-state index in [4.69, 9.17) is 4.74 Å². The zero-order chi connectivity index (χ0) is 20.7. The van der Waals surface area contributed by atoms with Crippen LogP contribution < -0.4 is 9.46 Å². The smallest absolute Gasteiger partial charge is 0.229 e. The number of carbonyl (C=O) groups excluding carboxylic acids is 2. The zero-order valence-corrected chi connectivity index (χ0v) is 16.6. The number of pyridine rings is 1. The molecule has 0 radical (unpaired) electrons. The molecule has 8 nitrogen and oxygen atoms in total. The molecular formula is C20H21N3O5S. The summed E-state index contributed by atoms with van der Waals surface area (Å²) in [4.78, 5) is 28.6. The van der Waals surface area contributed by atoms with Crippen molar-refractivity contribution in [2.45, 2.75) is 19.3 Å². The van der Waals surface area contributed by atoms with Crippen LogP contribution in [0.5, 0.6) is 5.75 Å². The summed E-state index contributed by atoms with van der Waals surface area (Å²) in [5.41, 5.74) is 0.816. The number of nitrogens with zero attached hydrogens (tertiary/aromatic N) is 2. The van der Waals surface area contributed by atoms with E-state index in [0.717, 1.165) is 15.8 Å². The fourth-order valence-electron chi connectivity index (χ4n) is 2.85. The molecule has 0 bridgehead atoms. The molecule has 29 heavy (non-hydrogen) atoms. The molecule has 0 atom stereocenters. The molecule has 2 amide bonds. The number of ether oxygens (including phenoxy) is 1. The summed E-state index contributed by atoms with van der Waals surface area (Å²) in [6.45, 7) is -0.108. The lowest BCUT2D eigenvalue weighted by molar-refractivity contribution is -0.147. The molecular weight excluding hydrogens is 394 g/mol. The molecule has 1 aliphatic rings. The molecule has 9 heteroatoms. The Morgan fingerprint density at radius 1 is 1.14 bits per heavy atom. The van der Waals surface area contributed by atoms with Crippen molar-refractivity contribution in [3.8, 4) is 17.6 Å². The number of piperidine rings is 1. The molecule has 152 valence electrons. The molecule has 1 aromatic carbocycles. The van der Waals surface area contributed by atoms with Crippen LogP contribution in [0.1, 0.15) is 19.3 Å². The van der Waals surface area contributed by atoms with Crippen LogP contribution in [0.2, 0.25) is 0 Å². The minimum atomic E-state index is -3.64. The Morgan fingerprint density at radius 2 is 1.93 bits per heavy atom. The van der Waals surface area contributed by atoms with Crippen molar-refractivity contribution in [1.82, 2.24) is 14.6 Å². The Morgan fingerprint density at radius 3 is 2.72 bits per heavy atom. The van der Waals surface area contributed by atoms with Gasteiger partial charge in [-0.15, -0.1) is 0 Å². The van der Waals surface area contributed by atoms with E-state index < -0.39 is 10.0 Å². The number of rotatable bonds is 7. The third-order valence-corrected chi connectivity index (χ3v) is 5.67. The van der Waals surface area contributed by atoms with Gasteiger partial charge in [0, 0.05) is 37.0 Å². The number of benzene rings is 1. The molecule has 0 saturated carbocycles. The highest BCUT2D eigenvalue weighted by atomic mass is 32.2. The van der Waals surface area contributed by atoms with Gasteiger partial charge in [-0.05, 0) is 24.6 Å². The molecule has 1 N–H and O–H groups in total. The molecule has 0 unspecified atom stereocenters. The minimum Gasteiger partial charge on any atom is -0.481 e. The fourth-order valence-corrected chi connectivity index (χ4v) is 3.71. The van der Waals surface area contributed by atoms with Crippen LogP contribution in [-0.2, 0) is 19.6 Å². The minimum absolute atomic E-state index is 0.0765. The Balaban J connectivity index is 1.41. The van der Waals surface area contributed by atoms with Gasteiger partial charge in [-0.2, -0.15) is 0 Å². The van der Waals surface area contributed by atoms with Crippen molar-refractivity contribution in [1.29, 1.82) is 0 Å². The SMILES string of the molecule is O=C1CCCC(=O)N1CCS(=O)(=O)NCC#CCOc1ccc2cccnc2c1. The van der Waals surface area contributed by atoms with E-state index in [1.54, 1.807) is 6.20 Å². The first-order chi connectivity index (χ1) is 13.9. The number of likely N-dealkylation sites (tertiary alicyclic amines) is 1. The number of amides is 2. The van der Waals surface area contributed by atoms with Crippen LogP contribution in [0.3, 0.4) is 0 Å². The standard InChI is InChI=1S/C20H21N3O5S/c24-19-6-3-7-20(25)23(19)12-14-29(26,27)22-11-1-2-13-28-17-9-8-16-5-4-10-21-18(16)15-17/h4-5,8-10,15,22H,3,6-7,11-14H2. The molecule has 3 rings (SSSR count). The predicted molar refractivity (Wildman–Crippen MR) is 107 cm³/mol. The van der Waals surface area contributed by atoms with E-state index >= 15 is 0 Å². The van der Waals surface area contributed by atoms with Crippen molar-refractivity contribution in [2.75, 3.05) is 25.4 Å². The second-order valence-corrected chi connectivity index (χ2v) is 8.36. The van der Waals surface area contributed by atoms with Gasteiger partial charge in [0.15, 0.2) is 0 Å². The summed E-state index contributed by atoms with van der Waals surface area (Å²) in [6, 6.07) is 9.34. The normalized spacial score (nSPS) is 14.6. The molecule has 2 aromatic rings. The molecule has 0 spiro atoms. The van der Waals surface area contributed by atoms with Gasteiger partial charge in [0.1, 0.15) is 12.4 Å². The van der Waals surface area contributed by atoms with Crippen LogP contribution >= 0.6 is 0 Å². The highest BCUT2D eigenvalue weighted by molar-refractivity contribution is 7.89. The maximum absolute atomic E-state index is 12.0. The van der Waals surface area contributed by atoms with Crippen molar-refractivity contribution >= 4 is 32.7 Å². The largest absolute Gasteiger partial charge is 0.481 e. The lowest BCUT2D eigenvalue weighted by Crippen LogP contribution is -2.44. The maximum atomic E-state index is 12.0. The van der Waals surface area contributed by atoms with Crippen molar-refractivity contribution in [3.05, 3.63) is 36.5 Å². The van der Waals surface area contributed by atoms with E-state index in [-0.39, 0.29) is 50.1 Å². The first-order valence-corrected chi connectivity index (χ1v) is 10.8. The molecule has 1 aliphatic heterocycles. The summed E-state index contributed by atoms with van der Waals surface area (Å²) in [7, 11) is -3.64. The third-order valence-electron chi connectivity index (χ3n) is 4.36. The van der Waals surface area contributed by atoms with Gasteiger partial charge in [0.2, 0.25) is 21.8 Å². The van der Waals surface area contributed by atoms with Gasteiger partial charge >= 0.3 is 0 Å². The zero-order valence-electron chi connectivity index (χ0n) is 15.8. The second-order valence-electron chi connectivity index (χ2n) is 6.43. The number of nitrogens with one attached hydrogen (secondary N) is 1. The summed E-state index contributed by atoms with van der Waals surface area (Å²) >= 11 is 0. The van der Waals surface area contributed by atoms with Crippen molar-refractivity contribution in [3.63, 3.8) is 0 Å². The molecule has 0 aliphatic carbocycles. The third kappa shape index (κ3) is 6.01. The Bertz CT molecular complexity index is 1060. The van der Waals surface area contributed by atoms with Crippen LogP contribution in [-0.4, -0.2) is 55.6 Å². The maximum Gasteiger partial charge on any atom is 0.229 e. The topological polar surface area (TPSA) is 106 Å². The lowest BCUT2D eigenvalue weighted by Gasteiger charge is -2.24. The summed E-state index contributed by atoms with van der Waals surface area (Å²) in [6.07, 6.45) is 2.78. The van der Waals surface area contributed by atoms with E-state index in [1.807, 2.05) is 30.3 Å². The molecule has 2 heterocycles. The first-order valence-electron chi connectivity index (χ1n) is 9.18. The highest BCUT2D eigenvalue weighted by Crippen LogP contribution is 2.18. The number of carbonyl (C=O) groups is 2. The molecule has 1 fully saturated rings.